The summed E-state index contributed by atoms with van der Waals surface area (Å²) in [6.07, 6.45) is 3.65. The van der Waals surface area contributed by atoms with Crippen molar-refractivity contribution in [3.8, 4) is 11.3 Å². The second-order valence-corrected chi connectivity index (χ2v) is 7.71. The number of carbonyl (C=O) groups excluding carboxylic acids is 1. The number of nitrogens with two attached hydrogens (primary N) is 1. The number of aromatic nitrogens is 3. The number of nitrogens with zero attached hydrogens (tertiary/aromatic N) is 4. The molecule has 3 aromatic rings. The maximum absolute atomic E-state index is 11.9. The maximum atomic E-state index is 11.9. The van der Waals surface area contributed by atoms with Gasteiger partial charge in [0.05, 0.1) is 24.3 Å². The summed E-state index contributed by atoms with van der Waals surface area (Å²) in [5.41, 5.74) is 9.31. The van der Waals surface area contributed by atoms with Crippen LogP contribution >= 0.6 is 11.8 Å². The third kappa shape index (κ3) is 3.28. The van der Waals surface area contributed by atoms with Crippen molar-refractivity contribution in [2.75, 3.05) is 31.5 Å². The molecule has 146 valence electrons. The molecule has 7 nitrogen and oxygen atoms in total. The molecule has 0 saturated heterocycles. The van der Waals surface area contributed by atoms with Gasteiger partial charge in [0.2, 0.25) is 5.91 Å². The van der Waals surface area contributed by atoms with Crippen LogP contribution in [0.5, 0.6) is 0 Å². The number of rotatable bonds is 7. The molecule has 1 aromatic carbocycles. The lowest BCUT2D eigenvalue weighted by Crippen LogP contribution is -2.27. The molecule has 3 heterocycles. The van der Waals surface area contributed by atoms with Crippen molar-refractivity contribution < 1.29 is 4.79 Å². The highest BCUT2D eigenvalue weighted by atomic mass is 32.2. The van der Waals surface area contributed by atoms with Crippen molar-refractivity contribution in [2.24, 2.45) is 5.73 Å². The minimum atomic E-state index is -0.202. The molecule has 28 heavy (non-hydrogen) atoms. The van der Waals surface area contributed by atoms with Crippen molar-refractivity contribution in [3.05, 3.63) is 30.6 Å². The fourth-order valence-electron chi connectivity index (χ4n) is 3.54. The van der Waals surface area contributed by atoms with E-state index >= 15 is 0 Å². The summed E-state index contributed by atoms with van der Waals surface area (Å²) in [6, 6.07) is 5.97. The van der Waals surface area contributed by atoms with Crippen LogP contribution in [0.4, 0.5) is 5.69 Å². The predicted octanol–water partition coefficient (Wildman–Crippen LogP) is 2.80. The zero-order valence-corrected chi connectivity index (χ0v) is 16.9. The van der Waals surface area contributed by atoms with Gasteiger partial charge in [0.25, 0.3) is 0 Å². The van der Waals surface area contributed by atoms with Crippen LogP contribution in [0.15, 0.2) is 40.4 Å². The zero-order valence-electron chi connectivity index (χ0n) is 16.1. The number of nitrogens with one attached hydrogen (secondary N) is 1. The first kappa shape index (κ1) is 18.9. The molecule has 0 bridgehead atoms. The first-order valence-corrected chi connectivity index (χ1v) is 10.4. The third-order valence-electron chi connectivity index (χ3n) is 5.10. The molecule has 0 fully saturated rings. The normalized spacial score (nSPS) is 12.4. The number of anilines is 1. The first-order chi connectivity index (χ1) is 13.7. The van der Waals surface area contributed by atoms with E-state index in [0.717, 1.165) is 63.8 Å². The minimum Gasteiger partial charge on any atom is -0.324 e. The van der Waals surface area contributed by atoms with Gasteiger partial charge in [0, 0.05) is 39.7 Å². The first-order valence-electron chi connectivity index (χ1n) is 9.54. The van der Waals surface area contributed by atoms with Crippen LogP contribution in [-0.4, -0.2) is 51.8 Å². The van der Waals surface area contributed by atoms with E-state index in [2.05, 4.69) is 33.7 Å². The number of pyridine rings is 1. The van der Waals surface area contributed by atoms with Gasteiger partial charge in [-0.1, -0.05) is 25.6 Å². The molecule has 1 aliphatic heterocycles. The van der Waals surface area contributed by atoms with E-state index in [1.54, 1.807) is 18.0 Å². The topological polar surface area (TPSA) is 89.1 Å². The van der Waals surface area contributed by atoms with Gasteiger partial charge in [-0.2, -0.15) is 5.10 Å². The number of hydrogen-bond donors (Lipinski definition) is 2. The lowest BCUT2D eigenvalue weighted by Gasteiger charge is -2.18. The Bertz CT molecular complexity index is 1030. The highest BCUT2D eigenvalue weighted by Gasteiger charge is 2.26. The lowest BCUT2D eigenvalue weighted by atomic mass is 10.1. The van der Waals surface area contributed by atoms with Gasteiger partial charge in [-0.15, -0.1) is 0 Å². The van der Waals surface area contributed by atoms with Crippen LogP contribution in [0.25, 0.3) is 22.2 Å². The van der Waals surface area contributed by atoms with Crippen molar-refractivity contribution >= 4 is 34.3 Å². The second-order valence-electron chi connectivity index (χ2n) is 6.66. The molecule has 3 N–H and O–H groups in total. The summed E-state index contributed by atoms with van der Waals surface area (Å²) in [5, 5.41) is 8.94. The van der Waals surface area contributed by atoms with Gasteiger partial charge in [0.1, 0.15) is 5.69 Å². The van der Waals surface area contributed by atoms with E-state index in [1.807, 2.05) is 24.4 Å². The van der Waals surface area contributed by atoms with Crippen molar-refractivity contribution in [2.45, 2.75) is 30.2 Å². The largest absolute Gasteiger partial charge is 0.324 e. The van der Waals surface area contributed by atoms with E-state index in [-0.39, 0.29) is 12.5 Å². The van der Waals surface area contributed by atoms with E-state index in [4.69, 9.17) is 10.8 Å². The Labute approximate surface area is 168 Å². The lowest BCUT2D eigenvalue weighted by molar-refractivity contribution is -0.114. The molecule has 1 aliphatic rings. The summed E-state index contributed by atoms with van der Waals surface area (Å²) in [7, 11) is 0. The molecule has 0 saturated carbocycles. The van der Waals surface area contributed by atoms with Crippen LogP contribution in [-0.2, 0) is 11.3 Å². The van der Waals surface area contributed by atoms with Gasteiger partial charge in [-0.05, 0) is 31.3 Å². The Balaban J connectivity index is 1.83. The zero-order chi connectivity index (χ0) is 19.7. The molecule has 1 amide bonds. The Morgan fingerprint density at radius 2 is 2.11 bits per heavy atom. The summed E-state index contributed by atoms with van der Waals surface area (Å²) in [5.74, 6) is -0.202. The van der Waals surface area contributed by atoms with Crippen molar-refractivity contribution in [1.29, 1.82) is 0 Å². The SMILES string of the molecule is CCN(CC)CCn1nc2c3c(c(NC(=O)CN)ccc31)Sc1ccncc1-2. The molecule has 0 radical (unpaired) electrons. The molecule has 0 atom stereocenters. The minimum absolute atomic E-state index is 0.0430. The molecular weight excluding hydrogens is 372 g/mol. The fourth-order valence-corrected chi connectivity index (χ4v) is 4.68. The molecule has 8 heteroatoms. The highest BCUT2D eigenvalue weighted by molar-refractivity contribution is 8.00. The van der Waals surface area contributed by atoms with Gasteiger partial charge in [-0.25, -0.2) is 0 Å². The number of carbonyl (C=O) groups is 1. The molecule has 0 spiro atoms. The maximum Gasteiger partial charge on any atom is 0.238 e. The summed E-state index contributed by atoms with van der Waals surface area (Å²) in [4.78, 5) is 20.7. The Hall–Kier alpha value is -2.42. The third-order valence-corrected chi connectivity index (χ3v) is 6.31. The molecule has 2 aromatic heterocycles. The number of amides is 1. The predicted molar refractivity (Wildman–Crippen MR) is 113 cm³/mol. The van der Waals surface area contributed by atoms with Gasteiger partial charge in [-0.3, -0.25) is 14.5 Å². The number of benzene rings is 1. The monoisotopic (exact) mass is 396 g/mol. The molecule has 4 rings (SSSR count). The second kappa shape index (κ2) is 7.90. The molecular formula is C20H24N6OS. The average Bonchev–Trinajstić information content (AvgIpc) is 3.10. The molecule has 0 unspecified atom stereocenters. The molecule has 0 aliphatic carbocycles. The standard InChI is InChI=1S/C20H24N6OS/c1-3-25(4-2)9-10-26-15-6-5-14(23-17(27)11-21)20-18(15)19(24-26)13-12-22-8-7-16(13)28-20/h5-8,12H,3-4,9-11,21H2,1-2H3,(H,23,27). The number of fused-ring (bicyclic) bond motifs is 2. The quantitative estimate of drug-likeness (QED) is 0.499. The van der Waals surface area contributed by atoms with Gasteiger partial charge < -0.3 is 16.0 Å². The Morgan fingerprint density at radius 1 is 1.29 bits per heavy atom. The smallest absolute Gasteiger partial charge is 0.238 e. The number of hydrogen-bond acceptors (Lipinski definition) is 6. The van der Waals surface area contributed by atoms with Gasteiger partial charge in [0.15, 0.2) is 0 Å². The van der Waals surface area contributed by atoms with Crippen LogP contribution in [0.1, 0.15) is 13.8 Å². The highest BCUT2D eigenvalue weighted by Crippen LogP contribution is 2.50. The summed E-state index contributed by atoms with van der Waals surface area (Å²) >= 11 is 1.64. The average molecular weight is 397 g/mol. The Kier molecular flexibility index (Phi) is 5.34. The van der Waals surface area contributed by atoms with E-state index < -0.39 is 0 Å². The van der Waals surface area contributed by atoms with Gasteiger partial charge >= 0.3 is 0 Å². The Morgan fingerprint density at radius 3 is 2.86 bits per heavy atom. The van der Waals surface area contributed by atoms with Crippen molar-refractivity contribution in [1.82, 2.24) is 19.7 Å². The van der Waals surface area contributed by atoms with E-state index in [1.165, 1.54) is 0 Å². The van der Waals surface area contributed by atoms with E-state index in [0.29, 0.717) is 0 Å². The van der Waals surface area contributed by atoms with Crippen molar-refractivity contribution in [3.63, 3.8) is 0 Å². The van der Waals surface area contributed by atoms with Crippen LogP contribution in [0.2, 0.25) is 0 Å². The van der Waals surface area contributed by atoms with Crippen LogP contribution < -0.4 is 11.1 Å². The summed E-state index contributed by atoms with van der Waals surface area (Å²) in [6.45, 7) is 8.10. The number of likely N-dealkylation sites (N-methyl/N-ethyl adjacent to an activating group) is 1. The van der Waals surface area contributed by atoms with Crippen LogP contribution in [0, 0.1) is 0 Å². The van der Waals surface area contributed by atoms with E-state index in [9.17, 15) is 4.79 Å². The van der Waals surface area contributed by atoms with Crippen LogP contribution in [0.3, 0.4) is 0 Å². The fraction of sp³-hybridized carbons (Fsp3) is 0.350. The summed E-state index contributed by atoms with van der Waals surface area (Å²) < 4.78 is 2.07.